The van der Waals surface area contributed by atoms with E-state index in [0.717, 1.165) is 25.7 Å². The Kier molecular flexibility index (Phi) is 6.95. The highest BCUT2D eigenvalue weighted by molar-refractivity contribution is 7.91. The van der Waals surface area contributed by atoms with Crippen molar-refractivity contribution in [2.75, 3.05) is 37.7 Å². The Hall–Kier alpha value is -1.49. The molecule has 0 saturated carbocycles. The third-order valence-corrected chi connectivity index (χ3v) is 10.5. The summed E-state index contributed by atoms with van der Waals surface area (Å²) >= 11 is 0. The Labute approximate surface area is 190 Å². The number of hydrogen-bond donors (Lipinski definition) is 0. The lowest BCUT2D eigenvalue weighted by molar-refractivity contribution is 0.0441. The maximum Gasteiger partial charge on any atom is 0.254 e. The van der Waals surface area contributed by atoms with Crippen molar-refractivity contribution in [3.63, 3.8) is 0 Å². The molecule has 0 aromatic heterocycles. The Morgan fingerprint density at radius 1 is 1.12 bits per heavy atom. The predicted molar refractivity (Wildman–Crippen MR) is 121 cm³/mol. The molecule has 2 atom stereocenters. The summed E-state index contributed by atoms with van der Waals surface area (Å²) in [4.78, 5) is 15.1. The molecular weight excluding hydrogens is 452 g/mol. The third-order valence-electron chi connectivity index (χ3n) is 6.82. The van der Waals surface area contributed by atoms with E-state index < -0.39 is 19.9 Å². The van der Waals surface area contributed by atoms with Crippen LogP contribution < -0.4 is 0 Å². The molecule has 0 unspecified atom stereocenters. The van der Waals surface area contributed by atoms with Crippen LogP contribution in [0.1, 0.15) is 49.4 Å². The number of hydrogen-bond acceptors (Lipinski definition) is 6. The van der Waals surface area contributed by atoms with Gasteiger partial charge in [0, 0.05) is 37.8 Å². The first kappa shape index (κ1) is 23.7. The van der Waals surface area contributed by atoms with E-state index >= 15 is 0 Å². The van der Waals surface area contributed by atoms with Crippen LogP contribution in [-0.2, 0) is 24.6 Å². The molecule has 0 N–H and O–H groups in total. The number of benzene rings is 1. The van der Waals surface area contributed by atoms with E-state index in [1.54, 1.807) is 4.90 Å². The molecule has 3 heterocycles. The average molecular weight is 485 g/mol. The van der Waals surface area contributed by atoms with Crippen LogP contribution in [0.15, 0.2) is 29.2 Å². The average Bonchev–Trinajstić information content (AvgIpc) is 3.41. The SMILES string of the molecule is CC1CCN(S(=O)(=O)c2ccc(C(=O)N(C[C@H]3CCCO3)[C@@H]3CCS(=O)(=O)C3)cc2)CC1. The lowest BCUT2D eigenvalue weighted by Crippen LogP contribution is -2.45. The predicted octanol–water partition coefficient (Wildman–Crippen LogP) is 1.92. The van der Waals surface area contributed by atoms with Crippen LogP contribution in [-0.4, -0.2) is 81.8 Å². The van der Waals surface area contributed by atoms with Gasteiger partial charge < -0.3 is 9.64 Å². The Morgan fingerprint density at radius 3 is 2.38 bits per heavy atom. The van der Waals surface area contributed by atoms with Gasteiger partial charge in [-0.15, -0.1) is 0 Å². The maximum absolute atomic E-state index is 13.3. The van der Waals surface area contributed by atoms with Crippen LogP contribution >= 0.6 is 0 Å². The molecule has 178 valence electrons. The summed E-state index contributed by atoms with van der Waals surface area (Å²) in [5, 5.41) is 0. The topological polar surface area (TPSA) is 101 Å². The lowest BCUT2D eigenvalue weighted by Gasteiger charge is -2.31. The highest BCUT2D eigenvalue weighted by Gasteiger charge is 2.37. The standard InChI is InChI=1S/C22H32N2O6S2/c1-17-8-11-23(12-9-17)32(28,29)21-6-4-18(5-7-21)22(25)24(15-20-3-2-13-30-20)19-10-14-31(26,27)16-19/h4-7,17,19-20H,2-3,8-16H2,1H3/t19-,20-/m1/s1. The summed E-state index contributed by atoms with van der Waals surface area (Å²) in [6.07, 6.45) is 3.78. The highest BCUT2D eigenvalue weighted by atomic mass is 32.2. The summed E-state index contributed by atoms with van der Waals surface area (Å²) < 4.78 is 57.2. The zero-order valence-electron chi connectivity index (χ0n) is 18.5. The number of carbonyl (C=O) groups is 1. The van der Waals surface area contributed by atoms with Gasteiger partial charge in [0.1, 0.15) is 0 Å². The normalized spacial score (nSPS) is 26.9. The molecule has 3 fully saturated rings. The molecule has 0 spiro atoms. The molecule has 1 aromatic rings. The monoisotopic (exact) mass is 484 g/mol. The van der Waals surface area contributed by atoms with Crippen molar-refractivity contribution in [1.82, 2.24) is 9.21 Å². The Balaban J connectivity index is 1.52. The van der Waals surface area contributed by atoms with Gasteiger partial charge in [0.2, 0.25) is 10.0 Å². The van der Waals surface area contributed by atoms with E-state index in [1.165, 1.54) is 28.6 Å². The van der Waals surface area contributed by atoms with Crippen molar-refractivity contribution >= 4 is 25.8 Å². The minimum absolute atomic E-state index is 0.0364. The minimum Gasteiger partial charge on any atom is -0.376 e. The second kappa shape index (κ2) is 9.40. The molecule has 4 rings (SSSR count). The quantitative estimate of drug-likeness (QED) is 0.611. The van der Waals surface area contributed by atoms with Crippen molar-refractivity contribution < 1.29 is 26.4 Å². The number of nitrogens with zero attached hydrogens (tertiary/aromatic N) is 2. The van der Waals surface area contributed by atoms with E-state index in [0.29, 0.717) is 44.1 Å². The van der Waals surface area contributed by atoms with Gasteiger partial charge in [0.15, 0.2) is 9.84 Å². The molecule has 32 heavy (non-hydrogen) atoms. The molecule has 0 bridgehead atoms. The number of piperidine rings is 1. The summed E-state index contributed by atoms with van der Waals surface area (Å²) in [6.45, 7) is 4.15. The molecule has 0 aliphatic carbocycles. The highest BCUT2D eigenvalue weighted by Crippen LogP contribution is 2.26. The number of sulfone groups is 1. The molecule has 3 aliphatic heterocycles. The van der Waals surface area contributed by atoms with Crippen LogP contribution in [0.5, 0.6) is 0 Å². The minimum atomic E-state index is -3.59. The van der Waals surface area contributed by atoms with Gasteiger partial charge in [-0.3, -0.25) is 4.79 Å². The third kappa shape index (κ3) is 5.18. The largest absolute Gasteiger partial charge is 0.376 e. The molecule has 0 radical (unpaired) electrons. The zero-order chi connectivity index (χ0) is 22.9. The van der Waals surface area contributed by atoms with Gasteiger partial charge in [-0.2, -0.15) is 4.31 Å². The van der Waals surface area contributed by atoms with E-state index in [2.05, 4.69) is 6.92 Å². The van der Waals surface area contributed by atoms with Crippen LogP contribution in [0.25, 0.3) is 0 Å². The molecule has 3 aliphatic rings. The fourth-order valence-corrected chi connectivity index (χ4v) is 7.94. The molecule has 1 aromatic carbocycles. The van der Waals surface area contributed by atoms with Crippen molar-refractivity contribution in [3.8, 4) is 0 Å². The molecule has 1 amide bonds. The summed E-state index contributed by atoms with van der Waals surface area (Å²) in [5.41, 5.74) is 0.360. The van der Waals surface area contributed by atoms with Crippen molar-refractivity contribution in [2.45, 2.75) is 56.1 Å². The van der Waals surface area contributed by atoms with Gasteiger partial charge >= 0.3 is 0 Å². The summed E-state index contributed by atoms with van der Waals surface area (Å²) in [7, 11) is -6.74. The number of rotatable bonds is 6. The first-order chi connectivity index (χ1) is 15.2. The van der Waals surface area contributed by atoms with Crippen LogP contribution in [0.4, 0.5) is 0 Å². The van der Waals surface area contributed by atoms with E-state index in [1.807, 2.05) is 0 Å². The maximum atomic E-state index is 13.3. The van der Waals surface area contributed by atoms with Gasteiger partial charge in [-0.05, 0) is 62.3 Å². The van der Waals surface area contributed by atoms with Crippen LogP contribution in [0.2, 0.25) is 0 Å². The van der Waals surface area contributed by atoms with Crippen LogP contribution in [0, 0.1) is 5.92 Å². The summed E-state index contributed by atoms with van der Waals surface area (Å²) in [5.74, 6) is 0.290. The van der Waals surface area contributed by atoms with Gasteiger partial charge in [-0.25, -0.2) is 16.8 Å². The number of sulfonamides is 1. The zero-order valence-corrected chi connectivity index (χ0v) is 20.1. The molecule has 3 saturated heterocycles. The van der Waals surface area contributed by atoms with Gasteiger partial charge in [-0.1, -0.05) is 6.92 Å². The fourth-order valence-electron chi connectivity index (χ4n) is 4.74. The Bertz CT molecular complexity index is 1020. The van der Waals surface area contributed by atoms with Crippen LogP contribution in [0.3, 0.4) is 0 Å². The molecule has 10 heteroatoms. The first-order valence-electron chi connectivity index (χ1n) is 11.4. The fraction of sp³-hybridized carbons (Fsp3) is 0.682. The van der Waals surface area contributed by atoms with Crippen molar-refractivity contribution in [1.29, 1.82) is 0 Å². The lowest BCUT2D eigenvalue weighted by atomic mass is 10.0. The second-order valence-corrected chi connectivity index (χ2v) is 13.4. The smallest absolute Gasteiger partial charge is 0.254 e. The van der Waals surface area contributed by atoms with E-state index in [9.17, 15) is 21.6 Å². The summed E-state index contributed by atoms with van der Waals surface area (Å²) in [6, 6.07) is 5.66. The molecular formula is C22H32N2O6S2. The Morgan fingerprint density at radius 2 is 1.81 bits per heavy atom. The molecule has 8 nitrogen and oxygen atoms in total. The first-order valence-corrected chi connectivity index (χ1v) is 14.6. The van der Waals surface area contributed by atoms with E-state index in [4.69, 9.17) is 4.74 Å². The number of carbonyl (C=O) groups excluding carboxylic acids is 1. The second-order valence-electron chi connectivity index (χ2n) is 9.26. The van der Waals surface area contributed by atoms with Crippen molar-refractivity contribution in [2.24, 2.45) is 5.92 Å². The number of ether oxygens (including phenoxy) is 1. The van der Waals surface area contributed by atoms with Gasteiger partial charge in [0.05, 0.1) is 22.5 Å². The van der Waals surface area contributed by atoms with Crippen molar-refractivity contribution in [3.05, 3.63) is 29.8 Å². The van der Waals surface area contributed by atoms with Gasteiger partial charge in [0.25, 0.3) is 5.91 Å². The number of amides is 1. The van der Waals surface area contributed by atoms with E-state index in [-0.39, 0.29) is 34.5 Å².